The summed E-state index contributed by atoms with van der Waals surface area (Å²) in [6.45, 7) is 0.397. The Balaban J connectivity index is 1.42. The van der Waals surface area contributed by atoms with Crippen molar-refractivity contribution in [3.8, 4) is 0 Å². The van der Waals surface area contributed by atoms with Gasteiger partial charge in [0.05, 0.1) is 10.5 Å². The monoisotopic (exact) mass is 602 g/mol. The summed E-state index contributed by atoms with van der Waals surface area (Å²) < 4.78 is 67.5. The highest BCUT2D eigenvalue weighted by molar-refractivity contribution is 9.10. The van der Waals surface area contributed by atoms with Crippen LogP contribution in [0.25, 0.3) is 0 Å². The van der Waals surface area contributed by atoms with E-state index in [0.29, 0.717) is 11.3 Å². The zero-order valence-corrected chi connectivity index (χ0v) is 21.6. The molecule has 0 spiro atoms. The highest BCUT2D eigenvalue weighted by Crippen LogP contribution is 2.33. The normalized spacial score (nSPS) is 15.1. The second-order valence-corrected chi connectivity index (χ2v) is 11.2. The van der Waals surface area contributed by atoms with Gasteiger partial charge in [0.2, 0.25) is 10.0 Å². The van der Waals surface area contributed by atoms with Gasteiger partial charge >= 0.3 is 6.18 Å². The summed E-state index contributed by atoms with van der Waals surface area (Å²) in [5.41, 5.74) is -0.0497. The first-order valence-corrected chi connectivity index (χ1v) is 13.2. The Morgan fingerprint density at radius 3 is 2.28 bits per heavy atom. The summed E-state index contributed by atoms with van der Waals surface area (Å²) in [4.78, 5) is 18.0. The molecule has 13 heteroatoms. The smallest absolute Gasteiger partial charge is 0.354 e. The van der Waals surface area contributed by atoms with Crippen LogP contribution in [-0.2, 0) is 16.2 Å². The van der Waals surface area contributed by atoms with E-state index in [1.54, 1.807) is 29.2 Å². The molecule has 1 aliphatic heterocycles. The Kier molecular flexibility index (Phi) is 7.60. The van der Waals surface area contributed by atoms with Gasteiger partial charge < -0.3 is 10.2 Å². The molecule has 1 saturated heterocycles. The number of rotatable bonds is 5. The lowest BCUT2D eigenvalue weighted by Crippen LogP contribution is -2.49. The highest BCUT2D eigenvalue weighted by atomic mass is 79.9. The second kappa shape index (κ2) is 10.4. The van der Waals surface area contributed by atoms with Gasteiger partial charge in [0.1, 0.15) is 11.0 Å². The topological polar surface area (TPSA) is 82.6 Å². The number of benzene rings is 2. The first kappa shape index (κ1) is 26.4. The van der Waals surface area contributed by atoms with Gasteiger partial charge in [0.15, 0.2) is 0 Å². The summed E-state index contributed by atoms with van der Waals surface area (Å²) in [7, 11) is -3.85. The Morgan fingerprint density at radius 2 is 1.67 bits per heavy atom. The number of carbonyl (C=O) groups excluding carboxylic acids is 1. The van der Waals surface area contributed by atoms with E-state index in [0.717, 1.165) is 16.6 Å². The van der Waals surface area contributed by atoms with Gasteiger partial charge in [-0.05, 0) is 54.6 Å². The molecule has 1 aliphatic rings. The SMILES string of the molecule is O=C(Nc1ccc(S(=O)(=O)N2CCN(c3cc(C(F)(F)F)cc(Cl)n3)CC2)cc1)c1cccc(Br)c1. The van der Waals surface area contributed by atoms with E-state index >= 15 is 0 Å². The maximum atomic E-state index is 13.1. The Morgan fingerprint density at radius 1 is 1.00 bits per heavy atom. The average molecular weight is 604 g/mol. The molecule has 1 fully saturated rings. The van der Waals surface area contributed by atoms with Crippen molar-refractivity contribution in [2.75, 3.05) is 36.4 Å². The molecule has 1 N–H and O–H groups in total. The number of pyridine rings is 1. The fourth-order valence-electron chi connectivity index (χ4n) is 3.66. The van der Waals surface area contributed by atoms with Crippen LogP contribution in [0.2, 0.25) is 5.15 Å². The third-order valence-electron chi connectivity index (χ3n) is 5.51. The molecule has 1 aromatic heterocycles. The Bertz CT molecular complexity index is 1380. The molecule has 0 atom stereocenters. The molecule has 0 aliphatic carbocycles. The van der Waals surface area contributed by atoms with Gasteiger partial charge in [0, 0.05) is 41.9 Å². The van der Waals surface area contributed by atoms with E-state index in [1.807, 2.05) is 0 Å². The summed E-state index contributed by atoms with van der Waals surface area (Å²) >= 11 is 9.08. The van der Waals surface area contributed by atoms with Gasteiger partial charge in [-0.2, -0.15) is 17.5 Å². The molecule has 0 unspecified atom stereocenters. The van der Waals surface area contributed by atoms with Crippen molar-refractivity contribution < 1.29 is 26.4 Å². The number of amides is 1. The predicted molar refractivity (Wildman–Crippen MR) is 134 cm³/mol. The second-order valence-electron chi connectivity index (χ2n) is 7.91. The summed E-state index contributed by atoms with van der Waals surface area (Å²) in [5, 5.41) is 2.42. The van der Waals surface area contributed by atoms with E-state index in [-0.39, 0.29) is 48.0 Å². The van der Waals surface area contributed by atoms with E-state index in [2.05, 4.69) is 26.2 Å². The van der Waals surface area contributed by atoms with Crippen LogP contribution < -0.4 is 10.2 Å². The van der Waals surface area contributed by atoms with Crippen LogP contribution in [0, 0.1) is 0 Å². The van der Waals surface area contributed by atoms with Crippen LogP contribution >= 0.6 is 27.5 Å². The molecule has 7 nitrogen and oxygen atoms in total. The van der Waals surface area contributed by atoms with Crippen LogP contribution in [-0.4, -0.2) is 49.8 Å². The maximum absolute atomic E-state index is 13.1. The van der Waals surface area contributed by atoms with Gasteiger partial charge in [-0.25, -0.2) is 13.4 Å². The largest absolute Gasteiger partial charge is 0.416 e. The number of nitrogens with zero attached hydrogens (tertiary/aromatic N) is 3. The number of halogens is 5. The summed E-state index contributed by atoms with van der Waals surface area (Å²) in [6, 6.07) is 14.3. The fourth-order valence-corrected chi connectivity index (χ4v) is 5.68. The first-order chi connectivity index (χ1) is 16.9. The lowest BCUT2D eigenvalue weighted by atomic mass is 10.2. The van der Waals surface area contributed by atoms with Crippen molar-refractivity contribution in [1.82, 2.24) is 9.29 Å². The lowest BCUT2D eigenvalue weighted by Gasteiger charge is -2.35. The van der Waals surface area contributed by atoms with Crippen LogP contribution in [0.3, 0.4) is 0 Å². The molecule has 3 aromatic rings. The van der Waals surface area contributed by atoms with Crippen molar-refractivity contribution in [1.29, 1.82) is 0 Å². The number of carbonyl (C=O) groups is 1. The van der Waals surface area contributed by atoms with Crippen LogP contribution in [0.4, 0.5) is 24.7 Å². The molecule has 36 heavy (non-hydrogen) atoms. The average Bonchev–Trinajstić information content (AvgIpc) is 2.83. The summed E-state index contributed by atoms with van der Waals surface area (Å²) in [5.74, 6) is -0.302. The zero-order chi connectivity index (χ0) is 26.1. The number of nitrogens with one attached hydrogen (secondary N) is 1. The van der Waals surface area contributed by atoms with Gasteiger partial charge in [-0.15, -0.1) is 0 Å². The van der Waals surface area contributed by atoms with E-state index < -0.39 is 21.8 Å². The molecular weight excluding hydrogens is 585 g/mol. The number of piperazine rings is 1. The number of aromatic nitrogens is 1. The molecule has 2 aromatic carbocycles. The van der Waals surface area contributed by atoms with Crippen LogP contribution in [0.1, 0.15) is 15.9 Å². The summed E-state index contributed by atoms with van der Waals surface area (Å²) in [6.07, 6.45) is -4.57. The van der Waals surface area contributed by atoms with Gasteiger partial charge in [-0.1, -0.05) is 33.6 Å². The fraction of sp³-hybridized carbons (Fsp3) is 0.217. The van der Waals surface area contributed by atoms with Crippen molar-refractivity contribution in [3.05, 3.63) is 81.4 Å². The predicted octanol–water partition coefficient (Wildman–Crippen LogP) is 5.28. The molecule has 0 bridgehead atoms. The lowest BCUT2D eigenvalue weighted by molar-refractivity contribution is -0.137. The number of anilines is 2. The number of sulfonamides is 1. The molecule has 0 radical (unpaired) electrons. The standard InChI is InChI=1S/C23H19BrClF3N4O3S/c24-17-3-1-2-15(12-17)22(33)29-18-4-6-19(7-5-18)36(34,35)32-10-8-31(9-11-32)21-14-16(23(26,27)28)13-20(25)30-21/h1-7,12-14H,8-11H2,(H,29,33). The van der Waals surface area contributed by atoms with E-state index in [4.69, 9.17) is 11.6 Å². The molecule has 4 rings (SSSR count). The highest BCUT2D eigenvalue weighted by Gasteiger charge is 2.33. The molecule has 0 saturated carbocycles. The minimum absolute atomic E-state index is 0.0386. The Hall–Kier alpha value is -2.67. The molecule has 1 amide bonds. The number of hydrogen-bond donors (Lipinski definition) is 1. The van der Waals surface area contributed by atoms with E-state index in [1.165, 1.54) is 28.6 Å². The van der Waals surface area contributed by atoms with Crippen LogP contribution in [0.15, 0.2) is 70.0 Å². The third-order valence-corrected chi connectivity index (χ3v) is 8.11. The zero-order valence-electron chi connectivity index (χ0n) is 18.5. The minimum atomic E-state index is -4.57. The molecular formula is C23H19BrClF3N4O3S. The quantitative estimate of drug-likeness (QED) is 0.402. The van der Waals surface area contributed by atoms with Crippen LogP contribution in [0.5, 0.6) is 0 Å². The first-order valence-electron chi connectivity index (χ1n) is 10.6. The number of alkyl halides is 3. The number of hydrogen-bond acceptors (Lipinski definition) is 5. The van der Waals surface area contributed by atoms with Crippen molar-refractivity contribution >= 4 is 55.0 Å². The van der Waals surface area contributed by atoms with E-state index in [9.17, 15) is 26.4 Å². The van der Waals surface area contributed by atoms with Crippen molar-refractivity contribution in [2.24, 2.45) is 0 Å². The maximum Gasteiger partial charge on any atom is 0.416 e. The van der Waals surface area contributed by atoms with Gasteiger partial charge in [-0.3, -0.25) is 4.79 Å². The molecule has 2 heterocycles. The van der Waals surface area contributed by atoms with Crippen molar-refractivity contribution in [2.45, 2.75) is 11.1 Å². The third kappa shape index (κ3) is 6.00. The van der Waals surface area contributed by atoms with Crippen molar-refractivity contribution in [3.63, 3.8) is 0 Å². The minimum Gasteiger partial charge on any atom is -0.354 e. The molecule has 190 valence electrons. The Labute approximate surface area is 219 Å². The van der Waals surface area contributed by atoms with Gasteiger partial charge in [0.25, 0.3) is 5.91 Å².